The maximum absolute atomic E-state index is 13.8. The minimum absolute atomic E-state index is 0.0974. The van der Waals surface area contributed by atoms with Gasteiger partial charge in [0, 0.05) is 30.0 Å². The van der Waals surface area contributed by atoms with E-state index in [9.17, 15) is 4.39 Å². The van der Waals surface area contributed by atoms with E-state index in [2.05, 4.69) is 49.1 Å². The summed E-state index contributed by atoms with van der Waals surface area (Å²) in [6.45, 7) is 6.36. The zero-order valence-corrected chi connectivity index (χ0v) is 17.8. The molecule has 5 fully saturated rings. The summed E-state index contributed by atoms with van der Waals surface area (Å²) in [4.78, 5) is 3.67. The lowest BCUT2D eigenvalue weighted by Gasteiger charge is -2.97. The molecule has 7 atom stereocenters. The van der Waals surface area contributed by atoms with Crippen molar-refractivity contribution in [2.75, 3.05) is 19.8 Å². The molecule has 2 nitrogen and oxygen atoms in total. The summed E-state index contributed by atoms with van der Waals surface area (Å²) in [7, 11) is 0. The first-order chi connectivity index (χ1) is 13.3. The van der Waals surface area contributed by atoms with E-state index in [0.717, 1.165) is 25.9 Å². The van der Waals surface area contributed by atoms with Crippen molar-refractivity contribution in [3.05, 3.63) is 35.9 Å². The smallest absolute Gasteiger partial charge is 0.0928 e. The third-order valence-electron chi connectivity index (χ3n) is 10.0. The van der Waals surface area contributed by atoms with Crippen molar-refractivity contribution >= 4 is 17.2 Å². The Hall–Kier alpha value is -1.00. The van der Waals surface area contributed by atoms with Crippen molar-refractivity contribution in [1.82, 2.24) is 4.90 Å². The fraction of sp³-hybridized carbons (Fsp3) is 0.708. The van der Waals surface area contributed by atoms with E-state index in [1.54, 1.807) is 0 Å². The van der Waals surface area contributed by atoms with Gasteiger partial charge in [-0.1, -0.05) is 56.4 Å². The number of benzene rings is 1. The number of alkyl halides is 1. The van der Waals surface area contributed by atoms with Gasteiger partial charge in [-0.05, 0) is 59.8 Å². The SMILES string of the molecule is CC1(C)CN(C(=S)C23CC4C(CF)C5CC(c6ccccc6)(C2)C453)CC[C@@H]1N. The molecule has 4 saturated carbocycles. The van der Waals surface area contributed by atoms with Crippen LogP contribution in [0.4, 0.5) is 4.39 Å². The van der Waals surface area contributed by atoms with Gasteiger partial charge in [-0.3, -0.25) is 4.39 Å². The fourth-order valence-corrected chi connectivity index (χ4v) is 9.39. The summed E-state index contributed by atoms with van der Waals surface area (Å²) >= 11 is 6.23. The van der Waals surface area contributed by atoms with Crippen molar-refractivity contribution in [3.8, 4) is 0 Å². The Morgan fingerprint density at radius 2 is 1.93 bits per heavy atom. The number of piperidine rings is 1. The van der Waals surface area contributed by atoms with Gasteiger partial charge in [0.2, 0.25) is 0 Å². The maximum Gasteiger partial charge on any atom is 0.0928 e. The summed E-state index contributed by atoms with van der Waals surface area (Å²) in [6, 6.07) is 11.3. The van der Waals surface area contributed by atoms with Crippen molar-refractivity contribution < 1.29 is 4.39 Å². The molecule has 4 heteroatoms. The van der Waals surface area contributed by atoms with Gasteiger partial charge in [0.1, 0.15) is 0 Å². The molecule has 5 aliphatic rings. The van der Waals surface area contributed by atoms with Crippen LogP contribution in [-0.4, -0.2) is 35.7 Å². The second-order valence-corrected chi connectivity index (χ2v) is 11.5. The molecular weight excluding hydrogens is 367 g/mol. The van der Waals surface area contributed by atoms with Crippen LogP contribution in [0, 0.1) is 34.0 Å². The highest BCUT2D eigenvalue weighted by Crippen LogP contribution is 2.98. The molecule has 1 spiro atoms. The van der Waals surface area contributed by atoms with Crippen molar-refractivity contribution in [2.24, 2.45) is 39.7 Å². The Balaban J connectivity index is 1.35. The van der Waals surface area contributed by atoms with Gasteiger partial charge >= 0.3 is 0 Å². The number of nitrogens with zero attached hydrogens (tertiary/aromatic N) is 1. The molecule has 6 rings (SSSR count). The first-order valence-corrected chi connectivity index (χ1v) is 11.4. The van der Waals surface area contributed by atoms with Crippen LogP contribution in [0.15, 0.2) is 30.3 Å². The Labute approximate surface area is 173 Å². The number of thiocarbonyl (C=S) groups is 1. The molecule has 2 N–H and O–H groups in total. The van der Waals surface area contributed by atoms with Gasteiger partial charge in [0.05, 0.1) is 11.7 Å². The van der Waals surface area contributed by atoms with E-state index < -0.39 is 0 Å². The second-order valence-electron chi connectivity index (χ2n) is 11.1. The van der Waals surface area contributed by atoms with Crippen LogP contribution in [0.2, 0.25) is 0 Å². The number of rotatable bonds is 3. The van der Waals surface area contributed by atoms with Crippen molar-refractivity contribution in [3.63, 3.8) is 0 Å². The molecule has 1 saturated heterocycles. The van der Waals surface area contributed by atoms with E-state index in [1.807, 2.05) is 0 Å². The van der Waals surface area contributed by atoms with Crippen LogP contribution in [0.3, 0.4) is 0 Å². The third-order valence-corrected chi connectivity index (χ3v) is 10.7. The number of likely N-dealkylation sites (tertiary alicyclic amines) is 1. The van der Waals surface area contributed by atoms with Crippen LogP contribution < -0.4 is 5.73 Å². The summed E-state index contributed by atoms with van der Waals surface area (Å²) in [5.74, 6) is 1.38. The first-order valence-electron chi connectivity index (χ1n) is 11.0. The highest BCUT2D eigenvalue weighted by molar-refractivity contribution is 7.80. The largest absolute Gasteiger partial charge is 0.365 e. The van der Waals surface area contributed by atoms with E-state index in [-0.39, 0.29) is 34.4 Å². The number of hydrogen-bond acceptors (Lipinski definition) is 2. The minimum atomic E-state index is -0.142. The van der Waals surface area contributed by atoms with Crippen LogP contribution in [0.25, 0.3) is 0 Å². The van der Waals surface area contributed by atoms with E-state index in [4.69, 9.17) is 18.0 Å². The molecule has 1 aliphatic heterocycles. The van der Waals surface area contributed by atoms with Gasteiger partial charge in [-0.25, -0.2) is 0 Å². The molecule has 6 unspecified atom stereocenters. The lowest BCUT2D eigenvalue weighted by Crippen LogP contribution is -2.96. The zero-order chi connectivity index (χ0) is 19.5. The predicted octanol–water partition coefficient (Wildman–Crippen LogP) is 4.33. The van der Waals surface area contributed by atoms with Gasteiger partial charge in [0.15, 0.2) is 0 Å². The highest BCUT2D eigenvalue weighted by atomic mass is 32.1. The lowest BCUT2D eigenvalue weighted by atomic mass is 9.06. The Morgan fingerprint density at radius 1 is 1.21 bits per heavy atom. The molecule has 0 aromatic heterocycles. The first kappa shape index (κ1) is 17.8. The quantitative estimate of drug-likeness (QED) is 0.769. The van der Waals surface area contributed by atoms with E-state index >= 15 is 0 Å². The zero-order valence-electron chi connectivity index (χ0n) is 17.0. The molecule has 1 aromatic carbocycles. The summed E-state index contributed by atoms with van der Waals surface area (Å²) < 4.78 is 13.8. The monoisotopic (exact) mass is 398 g/mol. The molecule has 4 aliphatic carbocycles. The summed E-state index contributed by atoms with van der Waals surface area (Å²) in [6.07, 6.45) is 4.48. The molecular formula is C24H31FN2S. The predicted molar refractivity (Wildman–Crippen MR) is 114 cm³/mol. The lowest BCUT2D eigenvalue weighted by molar-refractivity contribution is -0.452. The Kier molecular flexibility index (Phi) is 3.30. The second kappa shape index (κ2) is 5.18. The maximum atomic E-state index is 13.8. The highest BCUT2D eigenvalue weighted by Gasteiger charge is 2.97. The molecule has 0 radical (unpaired) electrons. The third kappa shape index (κ3) is 1.60. The Morgan fingerprint density at radius 3 is 2.57 bits per heavy atom. The van der Waals surface area contributed by atoms with Crippen LogP contribution in [-0.2, 0) is 5.41 Å². The molecule has 1 heterocycles. The van der Waals surface area contributed by atoms with Crippen LogP contribution in [0.5, 0.6) is 0 Å². The molecule has 0 amide bonds. The van der Waals surface area contributed by atoms with Gasteiger partial charge in [0.25, 0.3) is 0 Å². The van der Waals surface area contributed by atoms with Crippen LogP contribution >= 0.6 is 12.2 Å². The minimum Gasteiger partial charge on any atom is -0.365 e. The normalized spacial score (nSPS) is 49.5. The van der Waals surface area contributed by atoms with Gasteiger partial charge < -0.3 is 10.6 Å². The number of halogens is 1. The van der Waals surface area contributed by atoms with Gasteiger partial charge in [-0.2, -0.15) is 0 Å². The van der Waals surface area contributed by atoms with Crippen molar-refractivity contribution in [2.45, 2.75) is 51.0 Å². The molecule has 0 bridgehead atoms. The van der Waals surface area contributed by atoms with Crippen LogP contribution in [0.1, 0.15) is 45.1 Å². The number of nitrogens with two attached hydrogens (primary N) is 1. The molecule has 1 aromatic rings. The molecule has 150 valence electrons. The van der Waals surface area contributed by atoms with Gasteiger partial charge in [-0.15, -0.1) is 0 Å². The van der Waals surface area contributed by atoms with E-state index in [1.165, 1.54) is 23.4 Å². The molecule has 28 heavy (non-hydrogen) atoms. The number of hydrogen-bond donors (Lipinski definition) is 1. The summed E-state index contributed by atoms with van der Waals surface area (Å²) in [5.41, 5.74) is 8.63. The summed E-state index contributed by atoms with van der Waals surface area (Å²) in [5, 5.41) is 0. The Bertz CT molecular complexity index is 847. The topological polar surface area (TPSA) is 29.3 Å². The van der Waals surface area contributed by atoms with E-state index in [0.29, 0.717) is 17.8 Å². The fourth-order valence-electron chi connectivity index (χ4n) is 8.91. The standard InChI is InChI=1S/C24H31FN2S/c1-21(2)14-27(9-8-19(21)26)20(28)23-11-18-16(12-25)17-10-22(13-23,24(17,18)23)15-6-4-3-5-7-15/h3-7,16-19H,8-14,26H2,1-2H3/t16?,17?,18?,19-,22?,23?,24?/m0/s1. The average Bonchev–Trinajstić information content (AvgIpc) is 2.63. The average molecular weight is 399 g/mol. The van der Waals surface area contributed by atoms with Crippen molar-refractivity contribution in [1.29, 1.82) is 0 Å².